The van der Waals surface area contributed by atoms with Gasteiger partial charge in [-0.3, -0.25) is 14.9 Å². The van der Waals surface area contributed by atoms with Gasteiger partial charge < -0.3 is 10.4 Å². The molecule has 19 heavy (non-hydrogen) atoms. The molecule has 0 heterocycles. The Morgan fingerprint density at radius 3 is 2.84 bits per heavy atom. The maximum atomic E-state index is 11.6. The third-order valence-corrected chi connectivity index (χ3v) is 2.84. The van der Waals surface area contributed by atoms with Crippen LogP contribution in [-0.2, 0) is 11.2 Å². The molecule has 0 aliphatic rings. The standard InChI is InChI=1S/C13H18N2O4/c1-2-11(9-16)14-13(17)7-6-10-4-3-5-12(8-10)15(18)19/h3-5,8,11,16H,2,6-7,9H2,1H3,(H,14,17). The zero-order chi connectivity index (χ0) is 14.3. The van der Waals surface area contributed by atoms with Gasteiger partial charge in [-0.1, -0.05) is 19.1 Å². The van der Waals surface area contributed by atoms with Gasteiger partial charge in [-0.2, -0.15) is 0 Å². The highest BCUT2D eigenvalue weighted by molar-refractivity contribution is 5.76. The first-order chi connectivity index (χ1) is 9.06. The first-order valence-corrected chi connectivity index (χ1v) is 6.20. The van der Waals surface area contributed by atoms with E-state index in [9.17, 15) is 14.9 Å². The molecule has 1 atom stereocenters. The molecule has 6 nitrogen and oxygen atoms in total. The molecular weight excluding hydrogens is 248 g/mol. The molecule has 0 aromatic heterocycles. The molecule has 0 radical (unpaired) electrons. The Morgan fingerprint density at radius 2 is 2.26 bits per heavy atom. The summed E-state index contributed by atoms with van der Waals surface area (Å²) in [5, 5.41) is 22.3. The predicted octanol–water partition coefficient (Wildman–Crippen LogP) is 1.41. The number of aliphatic hydroxyl groups is 1. The van der Waals surface area contributed by atoms with Gasteiger partial charge in [-0.25, -0.2) is 0 Å². The van der Waals surface area contributed by atoms with E-state index in [2.05, 4.69) is 5.32 Å². The van der Waals surface area contributed by atoms with Crippen LogP contribution in [0.4, 0.5) is 5.69 Å². The number of nitro groups is 1. The Kier molecular flexibility index (Phi) is 5.95. The normalized spacial score (nSPS) is 11.9. The number of hydrogen-bond donors (Lipinski definition) is 2. The summed E-state index contributed by atoms with van der Waals surface area (Å²) in [7, 11) is 0. The van der Waals surface area contributed by atoms with Gasteiger partial charge in [-0.15, -0.1) is 0 Å². The number of nitrogens with zero attached hydrogens (tertiary/aromatic N) is 1. The van der Waals surface area contributed by atoms with Crippen LogP contribution in [0.1, 0.15) is 25.3 Å². The lowest BCUT2D eigenvalue weighted by molar-refractivity contribution is -0.384. The molecule has 1 aromatic carbocycles. The lowest BCUT2D eigenvalue weighted by atomic mass is 10.1. The number of amides is 1. The van der Waals surface area contributed by atoms with Crippen molar-refractivity contribution in [1.82, 2.24) is 5.32 Å². The van der Waals surface area contributed by atoms with Crippen LogP contribution in [0.3, 0.4) is 0 Å². The van der Waals surface area contributed by atoms with Crippen LogP contribution in [0, 0.1) is 10.1 Å². The molecular formula is C13H18N2O4. The highest BCUT2D eigenvalue weighted by Crippen LogP contribution is 2.14. The number of carbonyl (C=O) groups excluding carboxylic acids is 1. The van der Waals surface area contributed by atoms with Gasteiger partial charge in [0.25, 0.3) is 5.69 Å². The Labute approximate surface area is 111 Å². The van der Waals surface area contributed by atoms with E-state index in [4.69, 9.17) is 5.11 Å². The van der Waals surface area contributed by atoms with E-state index >= 15 is 0 Å². The van der Waals surface area contributed by atoms with E-state index in [0.717, 1.165) is 5.56 Å². The van der Waals surface area contributed by atoms with Crippen LogP contribution in [-0.4, -0.2) is 28.6 Å². The molecule has 6 heteroatoms. The summed E-state index contributed by atoms with van der Waals surface area (Å²) < 4.78 is 0. The molecule has 1 aromatic rings. The van der Waals surface area contributed by atoms with Gasteiger partial charge in [0.1, 0.15) is 0 Å². The second-order valence-electron chi connectivity index (χ2n) is 4.28. The van der Waals surface area contributed by atoms with Crippen LogP contribution in [0.5, 0.6) is 0 Å². The zero-order valence-electron chi connectivity index (χ0n) is 10.8. The minimum atomic E-state index is -0.456. The van der Waals surface area contributed by atoms with E-state index in [-0.39, 0.29) is 30.7 Å². The second kappa shape index (κ2) is 7.48. The van der Waals surface area contributed by atoms with E-state index in [1.807, 2.05) is 6.92 Å². The first kappa shape index (κ1) is 15.1. The van der Waals surface area contributed by atoms with Crippen molar-refractivity contribution in [2.45, 2.75) is 32.2 Å². The predicted molar refractivity (Wildman–Crippen MR) is 70.7 cm³/mol. The lowest BCUT2D eigenvalue weighted by Gasteiger charge is -2.13. The minimum Gasteiger partial charge on any atom is -0.394 e. The summed E-state index contributed by atoms with van der Waals surface area (Å²) in [5.41, 5.74) is 0.779. The Hall–Kier alpha value is -1.95. The van der Waals surface area contributed by atoms with E-state index in [1.54, 1.807) is 12.1 Å². The Morgan fingerprint density at radius 1 is 1.53 bits per heavy atom. The summed E-state index contributed by atoms with van der Waals surface area (Å²) in [4.78, 5) is 21.8. The monoisotopic (exact) mass is 266 g/mol. The fraction of sp³-hybridized carbons (Fsp3) is 0.462. The molecule has 1 amide bonds. The van der Waals surface area contributed by atoms with Crippen molar-refractivity contribution < 1.29 is 14.8 Å². The maximum Gasteiger partial charge on any atom is 0.269 e. The van der Waals surface area contributed by atoms with Crippen LogP contribution >= 0.6 is 0 Å². The molecule has 0 aliphatic carbocycles. The second-order valence-corrected chi connectivity index (χ2v) is 4.28. The number of nitrogens with one attached hydrogen (secondary N) is 1. The number of nitro benzene ring substituents is 1. The SMILES string of the molecule is CCC(CO)NC(=O)CCc1cccc([N+](=O)[O-])c1. The van der Waals surface area contributed by atoms with E-state index < -0.39 is 4.92 Å². The van der Waals surface area contributed by atoms with Crippen LogP contribution < -0.4 is 5.32 Å². The van der Waals surface area contributed by atoms with Crippen LogP contribution in [0.25, 0.3) is 0 Å². The fourth-order valence-electron chi connectivity index (χ4n) is 1.66. The van der Waals surface area contributed by atoms with Gasteiger partial charge in [-0.05, 0) is 18.4 Å². The van der Waals surface area contributed by atoms with Crippen molar-refractivity contribution in [1.29, 1.82) is 0 Å². The van der Waals surface area contributed by atoms with Crippen LogP contribution in [0.15, 0.2) is 24.3 Å². The molecule has 0 fully saturated rings. The van der Waals surface area contributed by atoms with Crippen molar-refractivity contribution in [3.63, 3.8) is 0 Å². The first-order valence-electron chi connectivity index (χ1n) is 6.20. The molecule has 0 saturated carbocycles. The number of rotatable bonds is 7. The minimum absolute atomic E-state index is 0.0275. The topological polar surface area (TPSA) is 92.5 Å². The quantitative estimate of drug-likeness (QED) is 0.576. The van der Waals surface area contributed by atoms with E-state index in [0.29, 0.717) is 12.8 Å². The van der Waals surface area contributed by atoms with Crippen molar-refractivity contribution in [3.05, 3.63) is 39.9 Å². The smallest absolute Gasteiger partial charge is 0.269 e. The molecule has 1 rings (SSSR count). The average Bonchev–Trinajstić information content (AvgIpc) is 2.42. The average molecular weight is 266 g/mol. The molecule has 0 bridgehead atoms. The highest BCUT2D eigenvalue weighted by Gasteiger charge is 2.10. The highest BCUT2D eigenvalue weighted by atomic mass is 16.6. The summed E-state index contributed by atoms with van der Waals surface area (Å²) in [6, 6.07) is 6.02. The van der Waals surface area contributed by atoms with E-state index in [1.165, 1.54) is 12.1 Å². The third kappa shape index (κ3) is 5.05. The molecule has 0 saturated heterocycles. The number of benzene rings is 1. The summed E-state index contributed by atoms with van der Waals surface area (Å²) in [6.07, 6.45) is 1.35. The number of non-ortho nitro benzene ring substituents is 1. The number of hydrogen-bond acceptors (Lipinski definition) is 4. The molecule has 104 valence electrons. The van der Waals surface area contributed by atoms with Gasteiger partial charge in [0.05, 0.1) is 17.6 Å². The Bertz CT molecular complexity index is 444. The van der Waals surface area contributed by atoms with Crippen molar-refractivity contribution in [2.24, 2.45) is 0 Å². The van der Waals surface area contributed by atoms with Gasteiger partial charge in [0.15, 0.2) is 0 Å². The summed E-state index contributed by atoms with van der Waals surface area (Å²) in [5.74, 6) is -0.160. The van der Waals surface area contributed by atoms with Crippen molar-refractivity contribution >= 4 is 11.6 Å². The Balaban J connectivity index is 2.50. The fourth-order valence-corrected chi connectivity index (χ4v) is 1.66. The zero-order valence-corrected chi connectivity index (χ0v) is 10.8. The van der Waals surface area contributed by atoms with Crippen molar-refractivity contribution in [3.8, 4) is 0 Å². The molecule has 0 spiro atoms. The largest absolute Gasteiger partial charge is 0.394 e. The van der Waals surface area contributed by atoms with Crippen LogP contribution in [0.2, 0.25) is 0 Å². The maximum absolute atomic E-state index is 11.6. The van der Waals surface area contributed by atoms with Crippen molar-refractivity contribution in [2.75, 3.05) is 6.61 Å². The van der Waals surface area contributed by atoms with Gasteiger partial charge in [0.2, 0.25) is 5.91 Å². The summed E-state index contributed by atoms with van der Waals surface area (Å²) >= 11 is 0. The third-order valence-electron chi connectivity index (χ3n) is 2.84. The number of aryl methyl sites for hydroxylation is 1. The van der Waals surface area contributed by atoms with Gasteiger partial charge in [0, 0.05) is 18.6 Å². The van der Waals surface area contributed by atoms with Gasteiger partial charge >= 0.3 is 0 Å². The summed E-state index contributed by atoms with van der Waals surface area (Å²) in [6.45, 7) is 1.79. The molecule has 1 unspecified atom stereocenters. The number of carbonyl (C=O) groups is 1. The molecule has 2 N–H and O–H groups in total. The molecule has 0 aliphatic heterocycles. The lowest BCUT2D eigenvalue weighted by Crippen LogP contribution is -2.37. The number of aliphatic hydroxyl groups excluding tert-OH is 1.